The van der Waals surface area contributed by atoms with Crippen LogP contribution in [0.15, 0.2) is 42.5 Å². The van der Waals surface area contributed by atoms with Gasteiger partial charge in [-0.15, -0.1) is 0 Å². The van der Waals surface area contributed by atoms with Gasteiger partial charge in [-0.25, -0.2) is 4.98 Å². The molecule has 0 radical (unpaired) electrons. The maximum atomic E-state index is 12.1. The third-order valence-electron chi connectivity index (χ3n) is 3.78. The molecule has 9 heteroatoms. The van der Waals surface area contributed by atoms with Crippen LogP contribution in [0, 0.1) is 0 Å². The fourth-order valence-corrected chi connectivity index (χ4v) is 3.27. The zero-order valence-electron chi connectivity index (χ0n) is 14.4. The van der Waals surface area contributed by atoms with E-state index in [-0.39, 0.29) is 12.5 Å². The number of methoxy groups -OCH3 is 1. The Labute approximate surface area is 159 Å². The summed E-state index contributed by atoms with van der Waals surface area (Å²) in [6, 6.07) is 11.8. The lowest BCUT2D eigenvalue weighted by Crippen LogP contribution is -2.22. The van der Waals surface area contributed by atoms with Gasteiger partial charge in [-0.3, -0.25) is 9.59 Å². The molecule has 1 unspecified atom stereocenters. The summed E-state index contributed by atoms with van der Waals surface area (Å²) in [7, 11) is 1.60. The molecule has 0 aliphatic carbocycles. The van der Waals surface area contributed by atoms with Gasteiger partial charge in [-0.05, 0) is 35.9 Å². The standard InChI is InChI=1S/C18H18N4O4S/c1-26-12-6-7-13-14(8-12)27-18(22-13)20-9-15(23)21-11-4-2-10(3-5-11)16(24)17(19)25/h2-8,16,24H,9H2,1H3,(H2,19,25)(H,20,22)(H,21,23). The van der Waals surface area contributed by atoms with E-state index in [2.05, 4.69) is 15.6 Å². The number of amides is 2. The van der Waals surface area contributed by atoms with Crippen molar-refractivity contribution in [2.24, 2.45) is 5.73 Å². The Hall–Kier alpha value is -3.17. The van der Waals surface area contributed by atoms with Crippen LogP contribution in [0.1, 0.15) is 11.7 Å². The zero-order chi connectivity index (χ0) is 19.4. The molecule has 5 N–H and O–H groups in total. The summed E-state index contributed by atoms with van der Waals surface area (Å²) in [6.45, 7) is 0.0443. The molecule has 8 nitrogen and oxygen atoms in total. The second kappa shape index (κ2) is 8.02. The van der Waals surface area contributed by atoms with Crippen molar-refractivity contribution in [3.05, 3.63) is 48.0 Å². The number of carbonyl (C=O) groups is 2. The number of aromatic nitrogens is 1. The summed E-state index contributed by atoms with van der Waals surface area (Å²) >= 11 is 1.43. The number of anilines is 2. The van der Waals surface area contributed by atoms with E-state index in [4.69, 9.17) is 10.5 Å². The highest BCUT2D eigenvalue weighted by molar-refractivity contribution is 7.22. The van der Waals surface area contributed by atoms with Gasteiger partial charge in [-0.2, -0.15) is 0 Å². The number of carbonyl (C=O) groups excluding carboxylic acids is 2. The minimum atomic E-state index is -1.37. The number of hydrogen-bond donors (Lipinski definition) is 4. The van der Waals surface area contributed by atoms with Crippen LogP contribution < -0.4 is 21.1 Å². The monoisotopic (exact) mass is 386 g/mol. The topological polar surface area (TPSA) is 127 Å². The molecule has 0 fully saturated rings. The van der Waals surface area contributed by atoms with Crippen molar-refractivity contribution >= 4 is 44.2 Å². The first-order valence-corrected chi connectivity index (χ1v) is 8.83. The second-order valence-corrected chi connectivity index (χ2v) is 6.71. The van der Waals surface area contributed by atoms with Crippen LogP contribution in [0.2, 0.25) is 0 Å². The average molecular weight is 386 g/mol. The molecule has 1 atom stereocenters. The van der Waals surface area contributed by atoms with Crippen molar-refractivity contribution in [2.45, 2.75) is 6.10 Å². The molecule has 1 heterocycles. The van der Waals surface area contributed by atoms with Crippen molar-refractivity contribution in [3.63, 3.8) is 0 Å². The van der Waals surface area contributed by atoms with Crippen molar-refractivity contribution in [3.8, 4) is 5.75 Å². The summed E-state index contributed by atoms with van der Waals surface area (Å²) in [5.74, 6) is -0.333. The first kappa shape index (κ1) is 18.6. The number of nitrogens with one attached hydrogen (secondary N) is 2. The van der Waals surface area contributed by atoms with Crippen molar-refractivity contribution in [1.29, 1.82) is 0 Å². The average Bonchev–Trinajstić information content (AvgIpc) is 3.08. The van der Waals surface area contributed by atoms with Gasteiger partial charge >= 0.3 is 0 Å². The van der Waals surface area contributed by atoms with Crippen molar-refractivity contribution in [2.75, 3.05) is 24.3 Å². The second-order valence-electron chi connectivity index (χ2n) is 5.68. The van der Waals surface area contributed by atoms with Gasteiger partial charge in [0.2, 0.25) is 5.91 Å². The molecule has 0 saturated carbocycles. The Morgan fingerprint density at radius 2 is 2.00 bits per heavy atom. The number of thiazole rings is 1. The zero-order valence-corrected chi connectivity index (χ0v) is 15.2. The number of nitrogens with two attached hydrogens (primary N) is 1. The Morgan fingerprint density at radius 1 is 1.26 bits per heavy atom. The predicted molar refractivity (Wildman–Crippen MR) is 104 cm³/mol. The quantitative estimate of drug-likeness (QED) is 0.491. The number of fused-ring (bicyclic) bond motifs is 1. The van der Waals surface area contributed by atoms with E-state index in [1.54, 1.807) is 19.2 Å². The molecule has 0 aliphatic rings. The van der Waals surface area contributed by atoms with Crippen LogP contribution in [0.25, 0.3) is 10.2 Å². The highest BCUT2D eigenvalue weighted by Crippen LogP contribution is 2.29. The van der Waals surface area contributed by atoms with Gasteiger partial charge in [0.25, 0.3) is 5.91 Å². The molecule has 0 spiro atoms. The van der Waals surface area contributed by atoms with Gasteiger partial charge in [0, 0.05) is 5.69 Å². The molecule has 1 aromatic heterocycles. The molecular weight excluding hydrogens is 368 g/mol. The summed E-state index contributed by atoms with van der Waals surface area (Å²) in [5.41, 5.74) is 6.78. The van der Waals surface area contributed by atoms with Crippen LogP contribution in [0.4, 0.5) is 10.8 Å². The third kappa shape index (κ3) is 4.52. The van der Waals surface area contributed by atoms with Crippen molar-refractivity contribution in [1.82, 2.24) is 4.98 Å². The lowest BCUT2D eigenvalue weighted by Gasteiger charge is -2.09. The Kier molecular flexibility index (Phi) is 5.53. The molecule has 0 aliphatic heterocycles. The van der Waals surface area contributed by atoms with E-state index in [0.29, 0.717) is 16.4 Å². The lowest BCUT2D eigenvalue weighted by molar-refractivity contribution is -0.126. The number of aliphatic hydroxyl groups is 1. The van der Waals surface area contributed by atoms with Crippen LogP contribution >= 0.6 is 11.3 Å². The first-order valence-electron chi connectivity index (χ1n) is 8.02. The molecule has 2 amide bonds. The molecule has 0 saturated heterocycles. The van der Waals surface area contributed by atoms with Gasteiger partial charge in [0.15, 0.2) is 11.2 Å². The van der Waals surface area contributed by atoms with E-state index in [0.717, 1.165) is 16.0 Å². The molecule has 0 bridgehead atoms. The van der Waals surface area contributed by atoms with E-state index in [1.807, 2.05) is 18.2 Å². The fraction of sp³-hybridized carbons (Fsp3) is 0.167. The van der Waals surface area contributed by atoms with E-state index < -0.39 is 12.0 Å². The van der Waals surface area contributed by atoms with E-state index in [9.17, 15) is 14.7 Å². The molecular formula is C18H18N4O4S. The maximum Gasteiger partial charge on any atom is 0.250 e. The van der Waals surface area contributed by atoms with E-state index >= 15 is 0 Å². The van der Waals surface area contributed by atoms with Gasteiger partial charge in [0.05, 0.1) is 23.9 Å². The number of ether oxygens (including phenoxy) is 1. The van der Waals surface area contributed by atoms with Crippen molar-refractivity contribution < 1.29 is 19.4 Å². The Bertz CT molecular complexity index is 971. The van der Waals surface area contributed by atoms with Crippen LogP contribution in [-0.4, -0.2) is 35.6 Å². The van der Waals surface area contributed by atoms with Crippen LogP contribution in [0.5, 0.6) is 5.75 Å². The Balaban J connectivity index is 1.57. The van der Waals surface area contributed by atoms with Gasteiger partial charge in [-0.1, -0.05) is 23.5 Å². The minimum absolute atomic E-state index is 0.0443. The van der Waals surface area contributed by atoms with Gasteiger partial charge < -0.3 is 26.2 Å². The highest BCUT2D eigenvalue weighted by atomic mass is 32.1. The molecule has 2 aromatic carbocycles. The van der Waals surface area contributed by atoms with Crippen LogP contribution in [0.3, 0.4) is 0 Å². The third-order valence-corrected chi connectivity index (χ3v) is 4.75. The Morgan fingerprint density at radius 3 is 2.67 bits per heavy atom. The summed E-state index contributed by atoms with van der Waals surface area (Å²) in [5, 5.41) is 15.9. The smallest absolute Gasteiger partial charge is 0.250 e. The summed E-state index contributed by atoms with van der Waals surface area (Å²) in [6.07, 6.45) is -1.37. The number of primary amides is 1. The summed E-state index contributed by atoms with van der Waals surface area (Å²) < 4.78 is 6.14. The minimum Gasteiger partial charge on any atom is -0.497 e. The normalized spacial score (nSPS) is 11.8. The molecule has 3 aromatic rings. The fourth-order valence-electron chi connectivity index (χ4n) is 2.38. The lowest BCUT2D eigenvalue weighted by atomic mass is 10.1. The predicted octanol–water partition coefficient (Wildman–Crippen LogP) is 1.87. The largest absolute Gasteiger partial charge is 0.497 e. The highest BCUT2D eigenvalue weighted by Gasteiger charge is 2.13. The van der Waals surface area contributed by atoms with E-state index in [1.165, 1.54) is 23.5 Å². The van der Waals surface area contributed by atoms with Crippen LogP contribution in [-0.2, 0) is 9.59 Å². The van der Waals surface area contributed by atoms with Gasteiger partial charge in [0.1, 0.15) is 5.75 Å². The SMILES string of the molecule is COc1ccc2nc(NCC(=O)Nc3ccc(C(O)C(N)=O)cc3)sc2c1. The molecule has 3 rings (SSSR count). The number of rotatable bonds is 7. The molecule has 27 heavy (non-hydrogen) atoms. The number of benzene rings is 2. The summed E-state index contributed by atoms with van der Waals surface area (Å²) in [4.78, 5) is 27.5. The number of hydrogen-bond acceptors (Lipinski definition) is 7. The maximum absolute atomic E-state index is 12.1. The number of aliphatic hydroxyl groups excluding tert-OH is 1. The number of nitrogens with zero attached hydrogens (tertiary/aromatic N) is 1. The molecule has 140 valence electrons. The first-order chi connectivity index (χ1) is 13.0.